The maximum Gasteiger partial charge on any atom is 0.202 e. The van der Waals surface area contributed by atoms with Crippen molar-refractivity contribution in [1.82, 2.24) is 0 Å². The highest BCUT2D eigenvalue weighted by Crippen LogP contribution is 2.26. The number of Topliss-reactive ketones (excluding diaryl/α,β-unsaturated/α-hetero) is 2. The van der Waals surface area contributed by atoms with Gasteiger partial charge in [0.2, 0.25) is 11.6 Å². The van der Waals surface area contributed by atoms with Crippen molar-refractivity contribution in [2.75, 3.05) is 0 Å². The van der Waals surface area contributed by atoms with Gasteiger partial charge in [-0.3, -0.25) is 9.59 Å². The highest BCUT2D eigenvalue weighted by molar-refractivity contribution is 6.39. The van der Waals surface area contributed by atoms with Crippen LogP contribution >= 0.6 is 0 Å². The van der Waals surface area contributed by atoms with E-state index in [0.29, 0.717) is 32.1 Å². The van der Waals surface area contributed by atoms with Crippen molar-refractivity contribution in [3.63, 3.8) is 0 Å². The predicted octanol–water partition coefficient (Wildman–Crippen LogP) is 3.80. The van der Waals surface area contributed by atoms with E-state index in [1.165, 1.54) is 0 Å². The first kappa shape index (κ1) is 21.7. The van der Waals surface area contributed by atoms with E-state index in [9.17, 15) is 19.2 Å². The van der Waals surface area contributed by atoms with Crippen molar-refractivity contribution in [3.05, 3.63) is 0 Å². The van der Waals surface area contributed by atoms with E-state index < -0.39 is 23.4 Å². The number of aldehydes is 2. The van der Waals surface area contributed by atoms with E-state index in [1.54, 1.807) is 0 Å². The van der Waals surface area contributed by atoms with E-state index in [0.717, 1.165) is 25.4 Å². The SMILES string of the molecule is CCCC(C=O)C(CCC)C(=O)C(=O)C(CC)CC(C=O)CC. The summed E-state index contributed by atoms with van der Waals surface area (Å²) in [6.07, 6.45) is 6.13. The number of hydrogen-bond acceptors (Lipinski definition) is 4. The molecule has 0 spiro atoms. The Morgan fingerprint density at radius 3 is 1.83 bits per heavy atom. The Kier molecular flexibility index (Phi) is 11.4. The number of carbonyl (C=O) groups is 4. The lowest BCUT2D eigenvalue weighted by atomic mass is 9.78. The predicted molar refractivity (Wildman–Crippen MR) is 91.1 cm³/mol. The molecule has 0 saturated heterocycles. The van der Waals surface area contributed by atoms with Crippen LogP contribution in [0.25, 0.3) is 0 Å². The van der Waals surface area contributed by atoms with Crippen LogP contribution in [0.3, 0.4) is 0 Å². The average molecular weight is 324 g/mol. The van der Waals surface area contributed by atoms with Gasteiger partial charge in [0.1, 0.15) is 12.6 Å². The Morgan fingerprint density at radius 2 is 1.43 bits per heavy atom. The van der Waals surface area contributed by atoms with E-state index in [2.05, 4.69) is 0 Å². The zero-order chi connectivity index (χ0) is 17.8. The second-order valence-electron chi connectivity index (χ2n) is 6.36. The largest absolute Gasteiger partial charge is 0.303 e. The number of rotatable bonds is 14. The first-order chi connectivity index (χ1) is 11.0. The fourth-order valence-electron chi connectivity index (χ4n) is 3.07. The summed E-state index contributed by atoms with van der Waals surface area (Å²) in [4.78, 5) is 47.6. The quantitative estimate of drug-likeness (QED) is 0.360. The topological polar surface area (TPSA) is 68.3 Å². The molecule has 23 heavy (non-hydrogen) atoms. The standard InChI is InChI=1S/C19H32O4/c1-5-9-16(13-21)17(10-6-2)19(23)18(22)15(8-4)11-14(7-3)12-20/h12-17H,5-11H2,1-4H3. The lowest BCUT2D eigenvalue weighted by Crippen LogP contribution is -2.35. The molecule has 0 aliphatic rings. The highest BCUT2D eigenvalue weighted by atomic mass is 16.2. The van der Waals surface area contributed by atoms with Gasteiger partial charge in [-0.15, -0.1) is 0 Å². The minimum atomic E-state index is -0.504. The zero-order valence-corrected chi connectivity index (χ0v) is 15.0. The van der Waals surface area contributed by atoms with Crippen LogP contribution in [0.15, 0.2) is 0 Å². The summed E-state index contributed by atoms with van der Waals surface area (Å²) in [5.41, 5.74) is 0. The van der Waals surface area contributed by atoms with E-state index >= 15 is 0 Å². The Hall–Kier alpha value is -1.32. The summed E-state index contributed by atoms with van der Waals surface area (Å²) >= 11 is 0. The second-order valence-corrected chi connectivity index (χ2v) is 6.36. The van der Waals surface area contributed by atoms with Gasteiger partial charge in [-0.2, -0.15) is 0 Å². The van der Waals surface area contributed by atoms with Gasteiger partial charge < -0.3 is 9.59 Å². The third kappa shape index (κ3) is 6.76. The van der Waals surface area contributed by atoms with Crippen molar-refractivity contribution in [3.8, 4) is 0 Å². The summed E-state index contributed by atoms with van der Waals surface area (Å²) in [7, 11) is 0. The normalized spacial score (nSPS) is 16.2. The van der Waals surface area contributed by atoms with Crippen LogP contribution in [-0.4, -0.2) is 24.1 Å². The van der Waals surface area contributed by atoms with Crippen LogP contribution in [0.2, 0.25) is 0 Å². The number of carbonyl (C=O) groups excluding carboxylic acids is 4. The Balaban J connectivity index is 5.18. The van der Waals surface area contributed by atoms with Crippen LogP contribution in [0.4, 0.5) is 0 Å². The summed E-state index contributed by atoms with van der Waals surface area (Å²) in [5.74, 6) is -2.28. The van der Waals surface area contributed by atoms with Gasteiger partial charge >= 0.3 is 0 Å². The van der Waals surface area contributed by atoms with Gasteiger partial charge in [0.15, 0.2) is 0 Å². The maximum atomic E-state index is 12.7. The van der Waals surface area contributed by atoms with Crippen LogP contribution in [0, 0.1) is 23.7 Å². The molecule has 0 rings (SSSR count). The Morgan fingerprint density at radius 1 is 0.826 bits per heavy atom. The Bertz CT molecular complexity index is 389. The van der Waals surface area contributed by atoms with Gasteiger partial charge in [0.25, 0.3) is 0 Å². The monoisotopic (exact) mass is 324 g/mol. The van der Waals surface area contributed by atoms with E-state index in [1.807, 2.05) is 27.7 Å². The van der Waals surface area contributed by atoms with Gasteiger partial charge in [-0.25, -0.2) is 0 Å². The Labute approximate surface area is 140 Å². The highest BCUT2D eigenvalue weighted by Gasteiger charge is 2.34. The summed E-state index contributed by atoms with van der Waals surface area (Å²) < 4.78 is 0. The van der Waals surface area contributed by atoms with E-state index in [-0.39, 0.29) is 11.8 Å². The first-order valence-electron chi connectivity index (χ1n) is 8.98. The molecule has 0 N–H and O–H groups in total. The molecule has 0 aromatic heterocycles. The molecule has 0 aliphatic carbocycles. The molecule has 4 heteroatoms. The molecule has 4 nitrogen and oxygen atoms in total. The molecule has 0 aromatic carbocycles. The first-order valence-corrected chi connectivity index (χ1v) is 8.98. The minimum absolute atomic E-state index is 0.182. The molecule has 0 saturated carbocycles. The zero-order valence-electron chi connectivity index (χ0n) is 15.0. The molecule has 132 valence electrons. The van der Waals surface area contributed by atoms with Crippen molar-refractivity contribution in [1.29, 1.82) is 0 Å². The number of ketones is 2. The van der Waals surface area contributed by atoms with Gasteiger partial charge in [-0.05, 0) is 32.1 Å². The average Bonchev–Trinajstić information content (AvgIpc) is 2.58. The molecule has 0 fully saturated rings. The summed E-state index contributed by atoms with van der Waals surface area (Å²) in [6.45, 7) is 7.69. The van der Waals surface area contributed by atoms with Gasteiger partial charge in [0, 0.05) is 23.7 Å². The summed E-state index contributed by atoms with van der Waals surface area (Å²) in [5, 5.41) is 0. The molecule has 0 aliphatic heterocycles. The second kappa shape index (κ2) is 12.1. The van der Waals surface area contributed by atoms with Crippen molar-refractivity contribution < 1.29 is 19.2 Å². The summed E-state index contributed by atoms with van der Waals surface area (Å²) in [6, 6.07) is 0. The van der Waals surface area contributed by atoms with Crippen LogP contribution < -0.4 is 0 Å². The molecule has 0 aromatic rings. The van der Waals surface area contributed by atoms with Gasteiger partial charge in [-0.1, -0.05) is 40.5 Å². The van der Waals surface area contributed by atoms with Crippen LogP contribution in [0.1, 0.15) is 72.6 Å². The van der Waals surface area contributed by atoms with Gasteiger partial charge in [0.05, 0.1) is 0 Å². The maximum absolute atomic E-state index is 12.7. The molecule has 0 amide bonds. The van der Waals surface area contributed by atoms with Crippen molar-refractivity contribution >= 4 is 24.1 Å². The lowest BCUT2D eigenvalue weighted by molar-refractivity contribution is -0.143. The molecule has 4 atom stereocenters. The third-order valence-corrected chi connectivity index (χ3v) is 4.66. The number of hydrogen-bond donors (Lipinski definition) is 0. The van der Waals surface area contributed by atoms with Crippen molar-refractivity contribution in [2.24, 2.45) is 23.7 Å². The molecular formula is C19H32O4. The lowest BCUT2D eigenvalue weighted by Gasteiger charge is -2.23. The van der Waals surface area contributed by atoms with Crippen LogP contribution in [-0.2, 0) is 19.2 Å². The third-order valence-electron chi connectivity index (χ3n) is 4.66. The fraction of sp³-hybridized carbons (Fsp3) is 0.789. The van der Waals surface area contributed by atoms with E-state index in [4.69, 9.17) is 0 Å². The molecule has 4 unspecified atom stereocenters. The minimum Gasteiger partial charge on any atom is -0.303 e. The fourth-order valence-corrected chi connectivity index (χ4v) is 3.07. The smallest absolute Gasteiger partial charge is 0.202 e. The molecular weight excluding hydrogens is 292 g/mol. The molecule has 0 bridgehead atoms. The van der Waals surface area contributed by atoms with Crippen molar-refractivity contribution in [2.45, 2.75) is 72.6 Å². The van der Waals surface area contributed by atoms with Crippen LogP contribution in [0.5, 0.6) is 0 Å². The molecule has 0 heterocycles. The molecule has 0 radical (unpaired) electrons.